The van der Waals surface area contributed by atoms with Gasteiger partial charge in [0.05, 0.1) is 6.54 Å². The van der Waals surface area contributed by atoms with Crippen LogP contribution in [0.25, 0.3) is 0 Å². The van der Waals surface area contributed by atoms with Gasteiger partial charge in [-0.3, -0.25) is 9.69 Å². The predicted octanol–water partition coefficient (Wildman–Crippen LogP) is -0.844. The molecule has 1 fully saturated rings. The summed E-state index contributed by atoms with van der Waals surface area (Å²) in [4.78, 5) is 12.5. The van der Waals surface area contributed by atoms with Gasteiger partial charge < -0.3 is 11.1 Å². The van der Waals surface area contributed by atoms with Crippen LogP contribution in [0.3, 0.4) is 0 Å². The third-order valence-corrected chi connectivity index (χ3v) is 2.12. The van der Waals surface area contributed by atoms with E-state index in [0.29, 0.717) is 12.6 Å². The number of amides is 1. The molecule has 4 heteroatoms. The fourth-order valence-corrected chi connectivity index (χ4v) is 1.62. The molecule has 0 aromatic carbocycles. The largest absolute Gasteiger partial charge is 0.369 e. The van der Waals surface area contributed by atoms with Crippen molar-refractivity contribution in [1.82, 2.24) is 10.2 Å². The number of hydrogen-bond donors (Lipinski definition) is 2. The Morgan fingerprint density at radius 3 is 3.00 bits per heavy atom. The number of carbonyl (C=O) groups excluding carboxylic acids is 1. The van der Waals surface area contributed by atoms with Gasteiger partial charge in [0, 0.05) is 12.6 Å². The zero-order valence-electron chi connectivity index (χ0n) is 7.55. The van der Waals surface area contributed by atoms with Crippen LogP contribution in [0.15, 0.2) is 0 Å². The van der Waals surface area contributed by atoms with Crippen molar-refractivity contribution < 1.29 is 4.79 Å². The number of nitrogens with one attached hydrogen (secondary N) is 1. The van der Waals surface area contributed by atoms with Crippen LogP contribution in [0, 0.1) is 0 Å². The molecule has 0 aliphatic carbocycles. The first-order chi connectivity index (χ1) is 5.68. The van der Waals surface area contributed by atoms with Gasteiger partial charge >= 0.3 is 0 Å². The second kappa shape index (κ2) is 4.42. The number of nitrogens with two attached hydrogens (primary N) is 1. The minimum Gasteiger partial charge on any atom is -0.369 e. The number of primary amides is 1. The van der Waals surface area contributed by atoms with Crippen LogP contribution in [-0.2, 0) is 4.79 Å². The molecule has 0 aromatic heterocycles. The molecule has 1 aliphatic heterocycles. The Bertz CT molecular complexity index is 154. The van der Waals surface area contributed by atoms with E-state index < -0.39 is 0 Å². The highest BCUT2D eigenvalue weighted by Crippen LogP contribution is 2.05. The lowest BCUT2D eigenvalue weighted by atomic mass is 10.2. The lowest BCUT2D eigenvalue weighted by molar-refractivity contribution is -0.118. The zero-order chi connectivity index (χ0) is 8.97. The second-order valence-electron chi connectivity index (χ2n) is 3.46. The fraction of sp³-hybridized carbons (Fsp3) is 0.875. The smallest absolute Gasteiger partial charge is 0.231 e. The Labute approximate surface area is 73.1 Å². The van der Waals surface area contributed by atoms with E-state index in [1.165, 1.54) is 12.8 Å². The highest BCUT2D eigenvalue weighted by Gasteiger charge is 2.16. The molecular formula is C8H17N3O. The minimum absolute atomic E-state index is 0.254. The van der Waals surface area contributed by atoms with Crippen molar-refractivity contribution in [3.8, 4) is 0 Å². The number of rotatable bonds is 4. The quantitative estimate of drug-likeness (QED) is 0.579. The highest BCUT2D eigenvalue weighted by atomic mass is 16.1. The van der Waals surface area contributed by atoms with E-state index in [-0.39, 0.29) is 5.91 Å². The van der Waals surface area contributed by atoms with E-state index in [0.717, 1.165) is 13.1 Å². The summed E-state index contributed by atoms with van der Waals surface area (Å²) in [6.45, 7) is 2.39. The molecule has 0 saturated carbocycles. The first kappa shape index (κ1) is 9.48. The van der Waals surface area contributed by atoms with Crippen LogP contribution >= 0.6 is 0 Å². The van der Waals surface area contributed by atoms with Crippen molar-refractivity contribution in [3.63, 3.8) is 0 Å². The third kappa shape index (κ3) is 3.19. The van der Waals surface area contributed by atoms with Crippen molar-refractivity contribution >= 4 is 5.91 Å². The Kier molecular flexibility index (Phi) is 3.49. The van der Waals surface area contributed by atoms with Crippen molar-refractivity contribution in [2.75, 3.05) is 26.7 Å². The summed E-state index contributed by atoms with van der Waals surface area (Å²) in [5, 5.41) is 3.37. The van der Waals surface area contributed by atoms with Gasteiger partial charge in [0.2, 0.25) is 5.91 Å². The van der Waals surface area contributed by atoms with Crippen LogP contribution in [0.2, 0.25) is 0 Å². The molecule has 0 spiro atoms. The molecule has 1 heterocycles. The van der Waals surface area contributed by atoms with E-state index in [1.54, 1.807) is 0 Å². The molecule has 1 atom stereocenters. The Morgan fingerprint density at radius 2 is 2.50 bits per heavy atom. The molecule has 1 amide bonds. The standard InChI is InChI=1S/C8H17N3O/c1-11(6-8(9)12)5-7-3-2-4-10-7/h7,10H,2-6H2,1H3,(H2,9,12)/t7-/m0/s1. The van der Waals surface area contributed by atoms with Gasteiger partial charge in [-0.15, -0.1) is 0 Å². The van der Waals surface area contributed by atoms with E-state index in [9.17, 15) is 4.79 Å². The van der Waals surface area contributed by atoms with Crippen molar-refractivity contribution in [2.45, 2.75) is 18.9 Å². The summed E-state index contributed by atoms with van der Waals surface area (Å²) in [6.07, 6.45) is 2.46. The van der Waals surface area contributed by atoms with Crippen LogP contribution in [-0.4, -0.2) is 43.5 Å². The number of likely N-dealkylation sites (N-methyl/N-ethyl adjacent to an activating group) is 1. The Morgan fingerprint density at radius 1 is 1.75 bits per heavy atom. The summed E-state index contributed by atoms with van der Waals surface area (Å²) in [7, 11) is 1.92. The van der Waals surface area contributed by atoms with Crippen molar-refractivity contribution in [2.24, 2.45) is 5.73 Å². The first-order valence-electron chi connectivity index (χ1n) is 4.38. The summed E-state index contributed by atoms with van der Waals surface area (Å²) < 4.78 is 0. The Balaban J connectivity index is 2.16. The van der Waals surface area contributed by atoms with Crippen molar-refractivity contribution in [3.05, 3.63) is 0 Å². The van der Waals surface area contributed by atoms with Gasteiger partial charge in [-0.05, 0) is 26.4 Å². The molecule has 0 aromatic rings. The van der Waals surface area contributed by atoms with Gasteiger partial charge in [-0.2, -0.15) is 0 Å². The van der Waals surface area contributed by atoms with Gasteiger partial charge in [0.25, 0.3) is 0 Å². The third-order valence-electron chi connectivity index (χ3n) is 2.12. The second-order valence-corrected chi connectivity index (χ2v) is 3.46. The van der Waals surface area contributed by atoms with Crippen LogP contribution < -0.4 is 11.1 Å². The van der Waals surface area contributed by atoms with Gasteiger partial charge in [0.15, 0.2) is 0 Å². The predicted molar refractivity (Wildman–Crippen MR) is 47.7 cm³/mol. The molecule has 1 saturated heterocycles. The Hall–Kier alpha value is -0.610. The zero-order valence-corrected chi connectivity index (χ0v) is 7.55. The summed E-state index contributed by atoms with van der Waals surface area (Å²) in [5.41, 5.74) is 5.07. The molecule has 0 unspecified atom stereocenters. The van der Waals surface area contributed by atoms with Gasteiger partial charge in [-0.25, -0.2) is 0 Å². The maximum Gasteiger partial charge on any atom is 0.231 e. The molecule has 1 rings (SSSR count). The monoisotopic (exact) mass is 171 g/mol. The summed E-state index contributed by atoms with van der Waals surface area (Å²) in [6, 6.07) is 0.550. The normalized spacial score (nSPS) is 23.3. The molecule has 1 aliphatic rings. The van der Waals surface area contributed by atoms with E-state index in [1.807, 2.05) is 11.9 Å². The summed E-state index contributed by atoms with van der Waals surface area (Å²) in [5.74, 6) is -0.254. The average Bonchev–Trinajstić information content (AvgIpc) is 2.37. The lowest BCUT2D eigenvalue weighted by Gasteiger charge is -2.19. The molecule has 70 valence electrons. The van der Waals surface area contributed by atoms with Crippen LogP contribution in [0.5, 0.6) is 0 Å². The molecule has 0 bridgehead atoms. The van der Waals surface area contributed by atoms with Crippen molar-refractivity contribution in [1.29, 1.82) is 0 Å². The summed E-state index contributed by atoms with van der Waals surface area (Å²) >= 11 is 0. The molecule has 12 heavy (non-hydrogen) atoms. The molecular weight excluding hydrogens is 154 g/mol. The lowest BCUT2D eigenvalue weighted by Crippen LogP contribution is -2.39. The SMILES string of the molecule is CN(CC(N)=O)C[C@@H]1CCCN1. The van der Waals surface area contributed by atoms with E-state index in [4.69, 9.17) is 5.73 Å². The van der Waals surface area contributed by atoms with Gasteiger partial charge in [-0.1, -0.05) is 0 Å². The molecule has 0 radical (unpaired) electrons. The number of carbonyl (C=O) groups is 1. The topological polar surface area (TPSA) is 58.4 Å². The average molecular weight is 171 g/mol. The van der Waals surface area contributed by atoms with E-state index in [2.05, 4.69) is 5.32 Å². The maximum atomic E-state index is 10.5. The van der Waals surface area contributed by atoms with E-state index >= 15 is 0 Å². The van der Waals surface area contributed by atoms with Crippen LogP contribution in [0.1, 0.15) is 12.8 Å². The first-order valence-corrected chi connectivity index (χ1v) is 4.38. The number of hydrogen-bond acceptors (Lipinski definition) is 3. The molecule has 3 N–H and O–H groups in total. The minimum atomic E-state index is -0.254. The number of nitrogens with zero attached hydrogens (tertiary/aromatic N) is 1. The highest BCUT2D eigenvalue weighted by molar-refractivity contribution is 5.75. The molecule has 4 nitrogen and oxygen atoms in total. The fourth-order valence-electron chi connectivity index (χ4n) is 1.62. The van der Waals surface area contributed by atoms with Crippen LogP contribution in [0.4, 0.5) is 0 Å². The maximum absolute atomic E-state index is 10.5. The van der Waals surface area contributed by atoms with Gasteiger partial charge in [0.1, 0.15) is 0 Å².